The summed E-state index contributed by atoms with van der Waals surface area (Å²) < 4.78 is 6.80. The molecule has 0 radical (unpaired) electrons. The van der Waals surface area contributed by atoms with Crippen LogP contribution in [0.15, 0.2) is 4.47 Å². The topological polar surface area (TPSA) is 26.3 Å². The Morgan fingerprint density at radius 1 is 1.06 bits per heavy atom. The van der Waals surface area contributed by atoms with Gasteiger partial charge in [-0.1, -0.05) is 15.9 Å². The van der Waals surface area contributed by atoms with Crippen LogP contribution >= 0.6 is 32.9 Å². The molecule has 1 aromatic carbocycles. The Morgan fingerprint density at radius 2 is 1.59 bits per heavy atom. The van der Waals surface area contributed by atoms with Crippen LogP contribution in [0.4, 0.5) is 0 Å². The minimum absolute atomic E-state index is 0. The standard InChI is InChI=1S/C13H15BrO2.BrH/c1-6-7(2)11-9(8(3)10(6)14)12(15)13(4,5)16-11;/h1-5H3;1H. The molecule has 0 fully saturated rings. The van der Waals surface area contributed by atoms with Gasteiger partial charge in [-0.25, -0.2) is 0 Å². The quantitative estimate of drug-likeness (QED) is 0.686. The maximum Gasteiger partial charge on any atom is 0.209 e. The molecule has 1 heterocycles. The number of hydrogen-bond acceptors (Lipinski definition) is 2. The molecule has 1 aliphatic rings. The maximum absolute atomic E-state index is 12.2. The summed E-state index contributed by atoms with van der Waals surface area (Å²) in [7, 11) is 0. The minimum atomic E-state index is -0.731. The highest BCUT2D eigenvalue weighted by molar-refractivity contribution is 9.10. The number of ether oxygens (including phenoxy) is 1. The summed E-state index contributed by atoms with van der Waals surface area (Å²) in [4.78, 5) is 12.2. The number of carbonyl (C=O) groups is 1. The van der Waals surface area contributed by atoms with Crippen molar-refractivity contribution in [2.75, 3.05) is 0 Å². The van der Waals surface area contributed by atoms with Crippen molar-refractivity contribution in [2.45, 2.75) is 40.2 Å². The molecule has 0 aliphatic carbocycles. The van der Waals surface area contributed by atoms with Gasteiger partial charge in [-0.15, -0.1) is 17.0 Å². The van der Waals surface area contributed by atoms with Gasteiger partial charge in [0.15, 0.2) is 5.60 Å². The molecule has 17 heavy (non-hydrogen) atoms. The van der Waals surface area contributed by atoms with E-state index in [1.165, 1.54) is 0 Å². The highest BCUT2D eigenvalue weighted by Gasteiger charge is 2.42. The molecule has 0 atom stereocenters. The van der Waals surface area contributed by atoms with Gasteiger partial charge in [0.05, 0.1) is 5.56 Å². The smallest absolute Gasteiger partial charge is 0.209 e. The molecular weight excluding hydrogens is 348 g/mol. The van der Waals surface area contributed by atoms with Crippen molar-refractivity contribution in [1.82, 2.24) is 0 Å². The molecular formula is C13H16Br2O2. The first-order valence-corrected chi connectivity index (χ1v) is 6.09. The predicted octanol–water partition coefficient (Wildman–Crippen LogP) is 4.31. The largest absolute Gasteiger partial charge is 0.479 e. The van der Waals surface area contributed by atoms with E-state index in [1.807, 2.05) is 34.6 Å². The number of rotatable bonds is 0. The SMILES string of the molecule is Br.Cc1c(C)c2c(c(C)c1Br)C(=O)C(C)(C)O2. The van der Waals surface area contributed by atoms with Crippen molar-refractivity contribution in [3.63, 3.8) is 0 Å². The van der Waals surface area contributed by atoms with Crippen LogP contribution in [0.3, 0.4) is 0 Å². The summed E-state index contributed by atoms with van der Waals surface area (Å²) >= 11 is 3.54. The summed E-state index contributed by atoms with van der Waals surface area (Å²) in [6.07, 6.45) is 0. The Balaban J connectivity index is 0.00000144. The van der Waals surface area contributed by atoms with Gasteiger partial charge in [0.1, 0.15) is 5.75 Å². The van der Waals surface area contributed by atoms with Crippen LogP contribution in [0.25, 0.3) is 0 Å². The molecule has 0 spiro atoms. The molecule has 2 nitrogen and oxygen atoms in total. The third kappa shape index (κ3) is 1.95. The van der Waals surface area contributed by atoms with E-state index in [0.717, 1.165) is 32.5 Å². The number of Topliss-reactive ketones (excluding diaryl/α,β-unsaturated/α-hetero) is 1. The Hall–Kier alpha value is -0.350. The van der Waals surface area contributed by atoms with Crippen molar-refractivity contribution in [2.24, 2.45) is 0 Å². The minimum Gasteiger partial charge on any atom is -0.479 e. The van der Waals surface area contributed by atoms with E-state index < -0.39 is 5.60 Å². The first-order valence-electron chi connectivity index (χ1n) is 5.30. The average Bonchev–Trinajstić information content (AvgIpc) is 2.45. The lowest BCUT2D eigenvalue weighted by atomic mass is 9.93. The highest BCUT2D eigenvalue weighted by Crippen LogP contribution is 2.43. The van der Waals surface area contributed by atoms with Crippen LogP contribution in [0.2, 0.25) is 0 Å². The molecule has 1 aliphatic heterocycles. The van der Waals surface area contributed by atoms with Crippen LogP contribution in [0.1, 0.15) is 40.9 Å². The summed E-state index contributed by atoms with van der Waals surface area (Å²) in [5, 5.41) is 0. The third-order valence-corrected chi connectivity index (χ3v) is 4.48. The van der Waals surface area contributed by atoms with Crippen molar-refractivity contribution in [1.29, 1.82) is 0 Å². The first-order chi connectivity index (χ1) is 7.27. The zero-order chi connectivity index (χ0) is 12.2. The van der Waals surface area contributed by atoms with Crippen LogP contribution < -0.4 is 4.74 Å². The number of halogens is 2. The fraction of sp³-hybridized carbons (Fsp3) is 0.462. The fourth-order valence-electron chi connectivity index (χ4n) is 2.09. The molecule has 94 valence electrons. The third-order valence-electron chi connectivity index (χ3n) is 3.29. The Labute approximate surface area is 121 Å². The molecule has 2 rings (SSSR count). The van der Waals surface area contributed by atoms with E-state index in [1.54, 1.807) is 0 Å². The number of carbonyl (C=O) groups excluding carboxylic acids is 1. The van der Waals surface area contributed by atoms with Gasteiger partial charge >= 0.3 is 0 Å². The Kier molecular flexibility index (Phi) is 3.80. The molecule has 0 bridgehead atoms. The van der Waals surface area contributed by atoms with Gasteiger partial charge in [-0.2, -0.15) is 0 Å². The molecule has 4 heteroatoms. The monoisotopic (exact) mass is 362 g/mol. The van der Waals surface area contributed by atoms with E-state index >= 15 is 0 Å². The summed E-state index contributed by atoms with van der Waals surface area (Å²) in [5.74, 6) is 0.831. The molecule has 0 unspecified atom stereocenters. The maximum atomic E-state index is 12.2. The van der Waals surface area contributed by atoms with E-state index in [9.17, 15) is 4.79 Å². The van der Waals surface area contributed by atoms with Gasteiger partial charge in [-0.3, -0.25) is 4.79 Å². The molecule has 0 N–H and O–H groups in total. The zero-order valence-corrected chi connectivity index (χ0v) is 13.9. The zero-order valence-electron chi connectivity index (χ0n) is 10.6. The number of fused-ring (bicyclic) bond motifs is 1. The van der Waals surface area contributed by atoms with Crippen molar-refractivity contribution < 1.29 is 9.53 Å². The van der Waals surface area contributed by atoms with E-state index in [2.05, 4.69) is 15.9 Å². The second-order valence-electron chi connectivity index (χ2n) is 4.83. The van der Waals surface area contributed by atoms with E-state index in [-0.39, 0.29) is 22.8 Å². The summed E-state index contributed by atoms with van der Waals surface area (Å²) in [6, 6.07) is 0. The van der Waals surface area contributed by atoms with Crippen LogP contribution in [-0.4, -0.2) is 11.4 Å². The molecule has 0 saturated carbocycles. The normalized spacial score (nSPS) is 16.2. The Bertz CT molecular complexity index is 505. The lowest BCUT2D eigenvalue weighted by Gasteiger charge is -2.16. The van der Waals surface area contributed by atoms with Crippen molar-refractivity contribution >= 4 is 38.7 Å². The fourth-order valence-corrected chi connectivity index (χ4v) is 2.58. The van der Waals surface area contributed by atoms with Gasteiger partial charge in [-0.05, 0) is 51.3 Å². The van der Waals surface area contributed by atoms with E-state index in [0.29, 0.717) is 0 Å². The lowest BCUT2D eigenvalue weighted by Crippen LogP contribution is -2.32. The molecule has 1 aromatic rings. The molecule has 0 aromatic heterocycles. The van der Waals surface area contributed by atoms with Crippen LogP contribution in [0, 0.1) is 20.8 Å². The van der Waals surface area contributed by atoms with Crippen LogP contribution in [0.5, 0.6) is 5.75 Å². The number of benzene rings is 1. The first kappa shape index (κ1) is 14.7. The number of ketones is 1. The van der Waals surface area contributed by atoms with Gasteiger partial charge < -0.3 is 4.74 Å². The molecule has 0 saturated heterocycles. The van der Waals surface area contributed by atoms with Crippen LogP contribution in [-0.2, 0) is 0 Å². The van der Waals surface area contributed by atoms with E-state index in [4.69, 9.17) is 4.74 Å². The Morgan fingerprint density at radius 3 is 2.12 bits per heavy atom. The second kappa shape index (κ2) is 4.39. The summed E-state index contributed by atoms with van der Waals surface area (Å²) in [5.41, 5.74) is 3.17. The second-order valence-corrected chi connectivity index (χ2v) is 5.63. The van der Waals surface area contributed by atoms with Gasteiger partial charge in [0.2, 0.25) is 5.78 Å². The highest BCUT2D eigenvalue weighted by atomic mass is 79.9. The lowest BCUT2D eigenvalue weighted by molar-refractivity contribution is 0.0683. The van der Waals surface area contributed by atoms with Crippen molar-refractivity contribution in [3.8, 4) is 5.75 Å². The average molecular weight is 364 g/mol. The summed E-state index contributed by atoms with van der Waals surface area (Å²) in [6.45, 7) is 9.62. The number of hydrogen-bond donors (Lipinski definition) is 0. The van der Waals surface area contributed by atoms with Gasteiger partial charge in [0, 0.05) is 4.47 Å². The predicted molar refractivity (Wildman–Crippen MR) is 77.7 cm³/mol. The van der Waals surface area contributed by atoms with Gasteiger partial charge in [0.25, 0.3) is 0 Å². The van der Waals surface area contributed by atoms with Crippen molar-refractivity contribution in [3.05, 3.63) is 26.7 Å². The molecule has 0 amide bonds.